The number of amides is 1. The fraction of sp³-hybridized carbons (Fsp3) is 0.286. The van der Waals surface area contributed by atoms with Crippen molar-refractivity contribution in [1.29, 1.82) is 0 Å². The number of aliphatic hydroxyl groups excluding tert-OH is 1. The van der Waals surface area contributed by atoms with Crippen molar-refractivity contribution in [2.75, 3.05) is 7.05 Å². The molecule has 18 heavy (non-hydrogen) atoms. The molecule has 1 aromatic rings. The van der Waals surface area contributed by atoms with Gasteiger partial charge >= 0.3 is 0 Å². The van der Waals surface area contributed by atoms with Gasteiger partial charge in [0.25, 0.3) is 5.91 Å². The molecule has 1 N–H and O–H groups in total. The number of likely N-dealkylation sites (N-methyl/N-ethyl adjacent to an activating group) is 1. The molecular weight excluding hydrogens is 230 g/mol. The number of nitrogens with zero attached hydrogens (tertiary/aromatic N) is 1. The van der Waals surface area contributed by atoms with E-state index in [1.165, 1.54) is 11.8 Å². The molecule has 0 saturated carbocycles. The lowest BCUT2D eigenvalue weighted by atomic mass is 10.0. The third-order valence-corrected chi connectivity index (χ3v) is 3.20. The number of Topliss-reactive ketones (excluding diaryl/α,β-unsaturated/α-hetero) is 1. The van der Waals surface area contributed by atoms with Gasteiger partial charge in [-0.3, -0.25) is 9.59 Å². The minimum Gasteiger partial charge on any atom is -0.509 e. The number of carbonyl (C=O) groups is 2. The quantitative estimate of drug-likeness (QED) is 0.820. The molecule has 1 amide bonds. The largest absolute Gasteiger partial charge is 0.509 e. The molecule has 0 radical (unpaired) electrons. The maximum atomic E-state index is 11.8. The van der Waals surface area contributed by atoms with E-state index in [-0.39, 0.29) is 17.1 Å². The second kappa shape index (κ2) is 4.64. The van der Waals surface area contributed by atoms with Crippen LogP contribution in [0.2, 0.25) is 0 Å². The Bertz CT molecular complexity index is 519. The molecule has 1 heterocycles. The minimum absolute atomic E-state index is 0.0848. The summed E-state index contributed by atoms with van der Waals surface area (Å²) in [4.78, 5) is 24.6. The molecule has 0 unspecified atom stereocenters. The van der Waals surface area contributed by atoms with E-state index in [1.54, 1.807) is 7.05 Å². The molecule has 1 aromatic carbocycles. The van der Waals surface area contributed by atoms with Crippen molar-refractivity contribution in [2.24, 2.45) is 0 Å². The van der Waals surface area contributed by atoms with E-state index in [0.29, 0.717) is 6.42 Å². The highest BCUT2D eigenvalue weighted by molar-refractivity contribution is 6.20. The highest BCUT2D eigenvalue weighted by Crippen LogP contribution is 2.26. The third kappa shape index (κ3) is 2.01. The maximum Gasteiger partial charge on any atom is 0.261 e. The molecule has 2 rings (SSSR count). The molecule has 94 valence electrons. The average molecular weight is 245 g/mol. The van der Waals surface area contributed by atoms with E-state index >= 15 is 0 Å². The summed E-state index contributed by atoms with van der Waals surface area (Å²) < 4.78 is 0. The molecule has 0 fully saturated rings. The molecule has 0 aliphatic carbocycles. The van der Waals surface area contributed by atoms with Crippen LogP contribution >= 0.6 is 0 Å². The smallest absolute Gasteiger partial charge is 0.261 e. The van der Waals surface area contributed by atoms with Crippen LogP contribution in [0.15, 0.2) is 41.7 Å². The zero-order chi connectivity index (χ0) is 13.3. The van der Waals surface area contributed by atoms with Crippen LogP contribution in [0, 0.1) is 0 Å². The lowest BCUT2D eigenvalue weighted by Crippen LogP contribution is -2.33. The molecule has 1 aliphatic heterocycles. The Kier molecular flexibility index (Phi) is 3.19. The van der Waals surface area contributed by atoms with Gasteiger partial charge in [-0.2, -0.15) is 0 Å². The molecule has 1 atom stereocenters. The number of hydrogen-bond donors (Lipinski definition) is 1. The van der Waals surface area contributed by atoms with Gasteiger partial charge in [0.2, 0.25) is 0 Å². The average Bonchev–Trinajstić information content (AvgIpc) is 2.55. The van der Waals surface area contributed by atoms with E-state index in [2.05, 4.69) is 0 Å². The fourth-order valence-corrected chi connectivity index (χ4v) is 2.18. The number of aliphatic hydroxyl groups is 1. The number of ketones is 1. The minimum atomic E-state index is -0.446. The molecule has 1 aliphatic rings. The van der Waals surface area contributed by atoms with Gasteiger partial charge in [-0.15, -0.1) is 0 Å². The van der Waals surface area contributed by atoms with Gasteiger partial charge in [-0.05, 0) is 12.5 Å². The highest BCUT2D eigenvalue weighted by Gasteiger charge is 2.38. The first-order chi connectivity index (χ1) is 8.52. The van der Waals surface area contributed by atoms with E-state index < -0.39 is 11.9 Å². The van der Waals surface area contributed by atoms with Crippen molar-refractivity contribution < 1.29 is 14.7 Å². The van der Waals surface area contributed by atoms with Crippen LogP contribution in [-0.2, 0) is 16.0 Å². The lowest BCUT2D eigenvalue weighted by molar-refractivity contribution is -0.127. The second-order valence-electron chi connectivity index (χ2n) is 4.44. The van der Waals surface area contributed by atoms with Gasteiger partial charge < -0.3 is 10.0 Å². The summed E-state index contributed by atoms with van der Waals surface area (Å²) in [5.41, 5.74) is 0.928. The van der Waals surface area contributed by atoms with E-state index in [4.69, 9.17) is 0 Å². The van der Waals surface area contributed by atoms with Crippen LogP contribution in [0.4, 0.5) is 0 Å². The van der Waals surface area contributed by atoms with Crippen molar-refractivity contribution in [3.05, 3.63) is 47.2 Å². The standard InChI is InChI=1S/C14H15NO3/c1-9(16)12-13(17)11(15(2)14(12)18)8-10-6-4-3-5-7-10/h3-7,11,17H,8H2,1-2H3/t11-/m0/s1. The Labute approximate surface area is 106 Å². The Morgan fingerprint density at radius 3 is 2.44 bits per heavy atom. The topological polar surface area (TPSA) is 57.6 Å². The van der Waals surface area contributed by atoms with Crippen molar-refractivity contribution in [1.82, 2.24) is 4.90 Å². The van der Waals surface area contributed by atoms with Gasteiger partial charge in [0.15, 0.2) is 5.78 Å². The summed E-state index contributed by atoms with van der Waals surface area (Å²) in [6.07, 6.45) is 0.506. The summed E-state index contributed by atoms with van der Waals surface area (Å²) in [5.74, 6) is -0.903. The number of benzene rings is 1. The normalized spacial score (nSPS) is 19.6. The molecule has 0 spiro atoms. The molecule has 0 aromatic heterocycles. The predicted octanol–water partition coefficient (Wildman–Crippen LogP) is 1.47. The monoisotopic (exact) mass is 245 g/mol. The number of carbonyl (C=O) groups excluding carboxylic acids is 2. The van der Waals surface area contributed by atoms with Gasteiger partial charge in [0.1, 0.15) is 11.3 Å². The van der Waals surface area contributed by atoms with Crippen molar-refractivity contribution in [3.63, 3.8) is 0 Å². The molecule has 0 saturated heterocycles. The van der Waals surface area contributed by atoms with Gasteiger partial charge in [0.05, 0.1) is 6.04 Å². The summed E-state index contributed by atoms with van der Waals surface area (Å²) in [7, 11) is 1.60. The number of rotatable bonds is 3. The molecule has 4 heteroatoms. The highest BCUT2D eigenvalue weighted by atomic mass is 16.3. The second-order valence-corrected chi connectivity index (χ2v) is 4.44. The number of hydrogen-bond acceptors (Lipinski definition) is 3. The van der Waals surface area contributed by atoms with Crippen molar-refractivity contribution in [2.45, 2.75) is 19.4 Å². The fourth-order valence-electron chi connectivity index (χ4n) is 2.18. The Balaban J connectivity index is 2.29. The van der Waals surface area contributed by atoms with Gasteiger partial charge in [-0.25, -0.2) is 0 Å². The first kappa shape index (κ1) is 12.4. The molecular formula is C14H15NO3. The third-order valence-electron chi connectivity index (χ3n) is 3.20. The maximum absolute atomic E-state index is 11.8. The molecule has 4 nitrogen and oxygen atoms in total. The Morgan fingerprint density at radius 2 is 1.94 bits per heavy atom. The van der Waals surface area contributed by atoms with Crippen molar-refractivity contribution in [3.8, 4) is 0 Å². The molecule has 0 bridgehead atoms. The van der Waals surface area contributed by atoms with E-state index in [9.17, 15) is 14.7 Å². The summed E-state index contributed by atoms with van der Waals surface area (Å²) in [6.45, 7) is 1.29. The summed E-state index contributed by atoms with van der Waals surface area (Å²) >= 11 is 0. The summed E-state index contributed by atoms with van der Waals surface area (Å²) in [6, 6.07) is 9.12. The van der Waals surface area contributed by atoms with Crippen LogP contribution in [0.3, 0.4) is 0 Å². The lowest BCUT2D eigenvalue weighted by Gasteiger charge is -2.20. The zero-order valence-corrected chi connectivity index (χ0v) is 10.4. The van der Waals surface area contributed by atoms with Crippen LogP contribution < -0.4 is 0 Å². The van der Waals surface area contributed by atoms with E-state index in [1.807, 2.05) is 30.3 Å². The SMILES string of the molecule is CC(=O)C1=C(O)[C@H](Cc2ccccc2)N(C)C1=O. The van der Waals surface area contributed by atoms with Crippen LogP contribution in [0.1, 0.15) is 12.5 Å². The van der Waals surface area contributed by atoms with Gasteiger partial charge in [-0.1, -0.05) is 30.3 Å². The van der Waals surface area contributed by atoms with Gasteiger partial charge in [0, 0.05) is 13.5 Å². The van der Waals surface area contributed by atoms with Crippen LogP contribution in [0.5, 0.6) is 0 Å². The Hall–Kier alpha value is -2.10. The zero-order valence-electron chi connectivity index (χ0n) is 10.4. The first-order valence-corrected chi connectivity index (χ1v) is 5.77. The van der Waals surface area contributed by atoms with E-state index in [0.717, 1.165) is 5.56 Å². The van der Waals surface area contributed by atoms with Crippen LogP contribution in [-0.4, -0.2) is 34.8 Å². The Morgan fingerprint density at radius 1 is 1.33 bits per heavy atom. The van der Waals surface area contributed by atoms with Crippen molar-refractivity contribution >= 4 is 11.7 Å². The predicted molar refractivity (Wildman–Crippen MR) is 67.0 cm³/mol. The summed E-state index contributed by atoms with van der Waals surface area (Å²) in [5, 5.41) is 10.0. The first-order valence-electron chi connectivity index (χ1n) is 5.77. The van der Waals surface area contributed by atoms with Crippen LogP contribution in [0.25, 0.3) is 0 Å².